The highest BCUT2D eigenvalue weighted by atomic mass is 32.2. The number of Topliss-reactive ketones (excluding diaryl/α,β-unsaturated/α-hetero) is 1. The van der Waals surface area contributed by atoms with Gasteiger partial charge in [0.15, 0.2) is 10.1 Å². The lowest BCUT2D eigenvalue weighted by Crippen LogP contribution is -2.18. The molecule has 7 heteroatoms. The minimum Gasteiger partial charge on any atom is -0.376 e. The highest BCUT2D eigenvalue weighted by molar-refractivity contribution is 8.01. The predicted octanol–water partition coefficient (Wildman–Crippen LogP) is 3.98. The normalized spacial score (nSPS) is 19.3. The molecule has 1 aromatic carbocycles. The van der Waals surface area contributed by atoms with E-state index < -0.39 is 0 Å². The number of nitrogens with one attached hydrogen (secondary N) is 1. The molecule has 4 rings (SSSR count). The maximum absolute atomic E-state index is 12.5. The second kappa shape index (κ2) is 8.50. The lowest BCUT2D eigenvalue weighted by molar-refractivity contribution is 0.102. The van der Waals surface area contributed by atoms with Crippen molar-refractivity contribution in [3.8, 4) is 0 Å². The molecular formula is C19H23N3O2S2. The van der Waals surface area contributed by atoms with Crippen molar-refractivity contribution in [3.63, 3.8) is 0 Å². The molecule has 0 amide bonds. The zero-order valence-corrected chi connectivity index (χ0v) is 16.3. The first-order chi connectivity index (χ1) is 12.8. The molecule has 0 bridgehead atoms. The van der Waals surface area contributed by atoms with Crippen molar-refractivity contribution in [1.82, 2.24) is 10.2 Å². The van der Waals surface area contributed by atoms with E-state index in [1.165, 1.54) is 47.1 Å². The molecule has 0 saturated carbocycles. The summed E-state index contributed by atoms with van der Waals surface area (Å²) in [5, 5.41) is 12.4. The minimum atomic E-state index is 0.160. The molecule has 2 aliphatic rings. The monoisotopic (exact) mass is 389 g/mol. The number of nitrogens with zero attached hydrogens (tertiary/aromatic N) is 2. The first-order valence-corrected chi connectivity index (χ1v) is 11.0. The van der Waals surface area contributed by atoms with Gasteiger partial charge in [-0.05, 0) is 55.7 Å². The number of hydrogen-bond donors (Lipinski definition) is 1. The van der Waals surface area contributed by atoms with Gasteiger partial charge in [0.05, 0.1) is 11.9 Å². The molecule has 0 spiro atoms. The fourth-order valence-electron chi connectivity index (χ4n) is 3.46. The van der Waals surface area contributed by atoms with Crippen LogP contribution in [0.15, 0.2) is 22.5 Å². The second-order valence-electron chi connectivity index (χ2n) is 6.79. The van der Waals surface area contributed by atoms with Crippen LogP contribution in [0, 0.1) is 0 Å². The number of benzene rings is 1. The van der Waals surface area contributed by atoms with E-state index in [-0.39, 0.29) is 11.9 Å². The number of aryl methyl sites for hydroxylation is 2. The standard InChI is InChI=1S/C19H23N3O2S2/c23-17(15-8-7-13-4-1-2-5-14(13)10-15)12-25-19-22-21-18(26-19)20-11-16-6-3-9-24-16/h7-8,10,16H,1-6,9,11-12H2,(H,20,21). The average molecular weight is 390 g/mol. The van der Waals surface area contributed by atoms with Gasteiger partial charge in [-0.2, -0.15) is 0 Å². The van der Waals surface area contributed by atoms with Gasteiger partial charge < -0.3 is 10.1 Å². The van der Waals surface area contributed by atoms with E-state index in [0.29, 0.717) is 5.75 Å². The van der Waals surface area contributed by atoms with Gasteiger partial charge in [-0.1, -0.05) is 35.2 Å². The third-order valence-electron chi connectivity index (χ3n) is 4.91. The molecule has 1 aliphatic heterocycles. The number of ether oxygens (including phenoxy) is 1. The zero-order chi connectivity index (χ0) is 17.8. The largest absolute Gasteiger partial charge is 0.376 e. The lowest BCUT2D eigenvalue weighted by Gasteiger charge is -2.16. The Labute approximate surface area is 161 Å². The number of carbonyl (C=O) groups is 1. The average Bonchev–Trinajstić information content (AvgIpc) is 3.36. The summed E-state index contributed by atoms with van der Waals surface area (Å²) in [5.41, 5.74) is 3.58. The van der Waals surface area contributed by atoms with Gasteiger partial charge in [0.2, 0.25) is 5.13 Å². The van der Waals surface area contributed by atoms with Crippen LogP contribution in [0.5, 0.6) is 0 Å². The van der Waals surface area contributed by atoms with Crippen molar-refractivity contribution < 1.29 is 9.53 Å². The Morgan fingerprint density at radius 2 is 2.12 bits per heavy atom. The van der Waals surface area contributed by atoms with Crippen molar-refractivity contribution >= 4 is 34.0 Å². The van der Waals surface area contributed by atoms with E-state index in [2.05, 4.69) is 27.6 Å². The van der Waals surface area contributed by atoms with Crippen molar-refractivity contribution in [3.05, 3.63) is 34.9 Å². The van der Waals surface area contributed by atoms with Gasteiger partial charge in [-0.15, -0.1) is 10.2 Å². The molecule has 1 fully saturated rings. The van der Waals surface area contributed by atoms with E-state index in [1.54, 1.807) is 0 Å². The van der Waals surface area contributed by atoms with E-state index in [4.69, 9.17) is 4.74 Å². The van der Waals surface area contributed by atoms with Crippen molar-refractivity contribution in [2.45, 2.75) is 49.0 Å². The lowest BCUT2D eigenvalue weighted by atomic mass is 9.90. The van der Waals surface area contributed by atoms with Crippen LogP contribution in [0.25, 0.3) is 0 Å². The fourth-order valence-corrected chi connectivity index (χ4v) is 5.12. The smallest absolute Gasteiger partial charge is 0.206 e. The van der Waals surface area contributed by atoms with Crippen LogP contribution in [0.2, 0.25) is 0 Å². The Morgan fingerprint density at radius 3 is 2.96 bits per heavy atom. The highest BCUT2D eigenvalue weighted by Crippen LogP contribution is 2.27. The molecule has 5 nitrogen and oxygen atoms in total. The SMILES string of the molecule is O=C(CSc1nnc(NCC2CCCO2)s1)c1ccc2c(c1)CCCC2. The Balaban J connectivity index is 1.29. The molecule has 1 atom stereocenters. The van der Waals surface area contributed by atoms with Crippen LogP contribution in [-0.2, 0) is 17.6 Å². The minimum absolute atomic E-state index is 0.160. The summed E-state index contributed by atoms with van der Waals surface area (Å²) in [6.07, 6.45) is 7.24. The van der Waals surface area contributed by atoms with Gasteiger partial charge in [0.25, 0.3) is 0 Å². The summed E-state index contributed by atoms with van der Waals surface area (Å²) in [5.74, 6) is 0.562. The van der Waals surface area contributed by atoms with Crippen molar-refractivity contribution in [2.24, 2.45) is 0 Å². The van der Waals surface area contributed by atoms with Gasteiger partial charge in [-0.25, -0.2) is 0 Å². The number of carbonyl (C=O) groups excluding carboxylic acids is 1. The van der Waals surface area contributed by atoms with Crippen LogP contribution < -0.4 is 5.32 Å². The number of anilines is 1. The zero-order valence-electron chi connectivity index (χ0n) is 14.7. The van der Waals surface area contributed by atoms with Crippen LogP contribution >= 0.6 is 23.1 Å². The number of aromatic nitrogens is 2. The molecular weight excluding hydrogens is 366 g/mol. The summed E-state index contributed by atoms with van der Waals surface area (Å²) in [6.45, 7) is 1.63. The van der Waals surface area contributed by atoms with E-state index in [0.717, 1.165) is 53.9 Å². The Morgan fingerprint density at radius 1 is 1.23 bits per heavy atom. The van der Waals surface area contributed by atoms with Gasteiger partial charge in [-0.3, -0.25) is 4.79 Å². The predicted molar refractivity (Wildman–Crippen MR) is 106 cm³/mol. The molecule has 2 heterocycles. The Hall–Kier alpha value is -1.44. The molecule has 1 unspecified atom stereocenters. The van der Waals surface area contributed by atoms with Crippen molar-refractivity contribution in [2.75, 3.05) is 24.2 Å². The number of hydrogen-bond acceptors (Lipinski definition) is 7. The van der Waals surface area contributed by atoms with E-state index >= 15 is 0 Å². The molecule has 138 valence electrons. The topological polar surface area (TPSA) is 64.1 Å². The van der Waals surface area contributed by atoms with Crippen LogP contribution in [0.1, 0.15) is 47.2 Å². The maximum atomic E-state index is 12.5. The number of thioether (sulfide) groups is 1. The van der Waals surface area contributed by atoms with Gasteiger partial charge in [0, 0.05) is 18.7 Å². The first kappa shape index (κ1) is 17.9. The molecule has 1 aliphatic carbocycles. The first-order valence-electron chi connectivity index (χ1n) is 9.25. The van der Waals surface area contributed by atoms with Gasteiger partial charge in [0.1, 0.15) is 0 Å². The van der Waals surface area contributed by atoms with Gasteiger partial charge >= 0.3 is 0 Å². The summed E-state index contributed by atoms with van der Waals surface area (Å²) in [4.78, 5) is 12.5. The highest BCUT2D eigenvalue weighted by Gasteiger charge is 2.17. The Kier molecular flexibility index (Phi) is 5.87. The Bertz CT molecular complexity index is 772. The fraction of sp³-hybridized carbons (Fsp3) is 0.526. The summed E-state index contributed by atoms with van der Waals surface area (Å²) < 4.78 is 6.42. The molecule has 26 heavy (non-hydrogen) atoms. The van der Waals surface area contributed by atoms with E-state index in [9.17, 15) is 4.79 Å². The molecule has 1 N–H and O–H groups in total. The molecule has 0 radical (unpaired) electrons. The third kappa shape index (κ3) is 4.45. The van der Waals surface area contributed by atoms with Crippen molar-refractivity contribution in [1.29, 1.82) is 0 Å². The number of ketones is 1. The second-order valence-corrected chi connectivity index (χ2v) is 8.99. The molecule has 1 saturated heterocycles. The molecule has 2 aromatic rings. The van der Waals surface area contributed by atoms with Crippen LogP contribution in [0.3, 0.4) is 0 Å². The summed E-state index contributed by atoms with van der Waals surface area (Å²) in [7, 11) is 0. The quantitative estimate of drug-likeness (QED) is 0.571. The number of rotatable bonds is 7. The molecule has 1 aromatic heterocycles. The van der Waals surface area contributed by atoms with Crippen LogP contribution in [0.4, 0.5) is 5.13 Å². The summed E-state index contributed by atoms with van der Waals surface area (Å²) >= 11 is 2.96. The number of fused-ring (bicyclic) bond motifs is 1. The summed E-state index contributed by atoms with van der Waals surface area (Å²) in [6, 6.07) is 6.19. The third-order valence-corrected chi connectivity index (χ3v) is 6.92. The van der Waals surface area contributed by atoms with E-state index in [1.807, 2.05) is 6.07 Å². The maximum Gasteiger partial charge on any atom is 0.206 e. The van der Waals surface area contributed by atoms with Crippen LogP contribution in [-0.4, -0.2) is 41.0 Å².